The molecule has 2 unspecified atom stereocenters. The lowest BCUT2D eigenvalue weighted by atomic mass is 9.69. The smallest absolute Gasteiger partial charge is 0.317 e. The first-order valence-corrected chi connectivity index (χ1v) is 14.1. The molecule has 1 saturated heterocycles. The van der Waals surface area contributed by atoms with E-state index in [-0.39, 0.29) is 18.5 Å². The quantitative estimate of drug-likeness (QED) is 0.213. The zero-order valence-electron chi connectivity index (χ0n) is 22.4. The molecule has 11 heteroatoms. The van der Waals surface area contributed by atoms with Gasteiger partial charge in [0.05, 0.1) is 15.6 Å². The number of benzene rings is 3. The van der Waals surface area contributed by atoms with Gasteiger partial charge in [0.1, 0.15) is 17.0 Å². The fourth-order valence-corrected chi connectivity index (χ4v) is 6.92. The Labute approximate surface area is 240 Å². The van der Waals surface area contributed by atoms with Crippen LogP contribution >= 0.6 is 11.3 Å². The van der Waals surface area contributed by atoms with Crippen molar-refractivity contribution in [3.8, 4) is 11.5 Å². The van der Waals surface area contributed by atoms with Gasteiger partial charge in [0.25, 0.3) is 5.91 Å². The molecule has 3 amide bonds. The molecule has 0 bridgehead atoms. The molecule has 1 fully saturated rings. The third-order valence-electron chi connectivity index (χ3n) is 7.73. The molecule has 8 N–H and O–H groups in total. The van der Waals surface area contributed by atoms with Crippen LogP contribution in [0.15, 0.2) is 60.7 Å². The number of ketones is 1. The highest BCUT2D eigenvalue weighted by molar-refractivity contribution is 7.21. The van der Waals surface area contributed by atoms with Crippen LogP contribution in [-0.4, -0.2) is 48.8 Å². The van der Waals surface area contributed by atoms with Gasteiger partial charge in [-0.1, -0.05) is 30.3 Å². The molecule has 1 aliphatic heterocycles. The summed E-state index contributed by atoms with van der Waals surface area (Å²) in [6, 6.07) is 17.0. The molecule has 2 heterocycles. The van der Waals surface area contributed by atoms with Crippen molar-refractivity contribution in [3.05, 3.63) is 87.8 Å². The molecular weight excluding hydrogens is 540 g/mol. The lowest BCUT2D eigenvalue weighted by Gasteiger charge is -2.37. The predicted octanol–water partition coefficient (Wildman–Crippen LogP) is 3.12. The summed E-state index contributed by atoms with van der Waals surface area (Å²) in [4.78, 5) is 41.2. The summed E-state index contributed by atoms with van der Waals surface area (Å²) in [6.07, 6.45) is 0. The maximum atomic E-state index is 14.1. The van der Waals surface area contributed by atoms with Gasteiger partial charge < -0.3 is 37.5 Å². The number of hydrogen-bond donors (Lipinski definition) is 5. The highest BCUT2D eigenvalue weighted by Gasteiger charge is 2.49. The number of nitrogens with zero attached hydrogens (tertiary/aromatic N) is 1. The van der Waals surface area contributed by atoms with Gasteiger partial charge in [0.2, 0.25) is 0 Å². The summed E-state index contributed by atoms with van der Waals surface area (Å²) in [5.41, 5.74) is 21.2. The highest BCUT2D eigenvalue weighted by Crippen LogP contribution is 2.50. The van der Waals surface area contributed by atoms with Crippen LogP contribution in [0.25, 0.3) is 10.1 Å². The Morgan fingerprint density at radius 1 is 1.12 bits per heavy atom. The summed E-state index contributed by atoms with van der Waals surface area (Å²) in [7, 11) is 0. The molecular formula is C30H30N6O4S. The Morgan fingerprint density at radius 2 is 1.88 bits per heavy atom. The molecule has 0 spiro atoms. The maximum absolute atomic E-state index is 14.1. The molecule has 10 nitrogen and oxygen atoms in total. The van der Waals surface area contributed by atoms with Gasteiger partial charge in [0.15, 0.2) is 5.78 Å². The number of nitrogens with one attached hydrogen (secondary N) is 2. The monoisotopic (exact) mass is 570 g/mol. The SMILES string of the molecule is Cc1cc(Oc2ccccc2)ccc1C1(N)C(=O)C(N)c2c(C(=O)NCCN3CCNC3=O)sc3c(N)ccc1c23. The standard InChI is InChI=1S/C30H30N6O4S/c1-16-15-18(40-17-5-3-2-4-6-17)7-8-19(16)30(33)20-9-10-21(31)25-22(20)23(24(32)27(30)37)26(41-25)28(38)34-11-13-36-14-12-35-29(36)39/h2-10,15,24H,11-14,31-33H2,1H3,(H,34,38)(H,35,39). The van der Waals surface area contributed by atoms with Gasteiger partial charge >= 0.3 is 6.03 Å². The van der Waals surface area contributed by atoms with Gasteiger partial charge in [-0.2, -0.15) is 0 Å². The molecule has 210 valence electrons. The van der Waals surface area contributed by atoms with Crippen molar-refractivity contribution in [1.82, 2.24) is 15.5 Å². The molecule has 41 heavy (non-hydrogen) atoms. The van der Waals surface area contributed by atoms with E-state index in [4.69, 9.17) is 21.9 Å². The zero-order valence-corrected chi connectivity index (χ0v) is 23.2. The molecule has 1 aliphatic carbocycles. The number of aryl methyl sites for hydroxylation is 1. The number of para-hydroxylation sites is 1. The van der Waals surface area contributed by atoms with Gasteiger partial charge in [-0.05, 0) is 53.9 Å². The summed E-state index contributed by atoms with van der Waals surface area (Å²) < 4.78 is 6.63. The van der Waals surface area contributed by atoms with Crippen molar-refractivity contribution in [2.24, 2.45) is 11.5 Å². The second-order valence-corrected chi connectivity index (χ2v) is 11.3. The van der Waals surface area contributed by atoms with E-state index in [1.807, 2.05) is 43.3 Å². The van der Waals surface area contributed by atoms with E-state index in [1.165, 1.54) is 11.3 Å². The Hall–Kier alpha value is -4.45. The third-order valence-corrected chi connectivity index (χ3v) is 8.99. The van der Waals surface area contributed by atoms with E-state index in [2.05, 4.69) is 10.6 Å². The van der Waals surface area contributed by atoms with Crippen LogP contribution in [0.1, 0.15) is 38.0 Å². The topological polar surface area (TPSA) is 166 Å². The summed E-state index contributed by atoms with van der Waals surface area (Å²) in [5.74, 6) is 0.503. The van der Waals surface area contributed by atoms with Crippen LogP contribution in [-0.2, 0) is 10.3 Å². The first kappa shape index (κ1) is 26.8. The Bertz CT molecular complexity index is 1700. The van der Waals surface area contributed by atoms with E-state index < -0.39 is 17.4 Å². The van der Waals surface area contributed by atoms with E-state index >= 15 is 0 Å². The van der Waals surface area contributed by atoms with E-state index in [0.717, 1.165) is 5.56 Å². The highest BCUT2D eigenvalue weighted by atomic mass is 32.1. The number of nitrogens with two attached hydrogens (primary N) is 3. The fraction of sp³-hybridized carbons (Fsp3) is 0.233. The molecule has 6 rings (SSSR count). The first-order valence-electron chi connectivity index (χ1n) is 13.3. The molecule has 0 radical (unpaired) electrons. The Morgan fingerprint density at radius 3 is 2.59 bits per heavy atom. The predicted molar refractivity (Wildman–Crippen MR) is 158 cm³/mol. The number of ether oxygens (including phenoxy) is 1. The van der Waals surface area contributed by atoms with Crippen LogP contribution < -0.4 is 32.6 Å². The molecule has 3 aromatic carbocycles. The number of carbonyl (C=O) groups excluding carboxylic acids is 3. The summed E-state index contributed by atoms with van der Waals surface area (Å²) >= 11 is 1.19. The van der Waals surface area contributed by atoms with Gasteiger partial charge in [-0.3, -0.25) is 9.59 Å². The van der Waals surface area contributed by atoms with Crippen molar-refractivity contribution in [3.63, 3.8) is 0 Å². The number of Topliss-reactive ketones (excluding diaryl/α,β-unsaturated/α-hetero) is 1. The van der Waals surface area contributed by atoms with Crippen LogP contribution in [0.2, 0.25) is 0 Å². The van der Waals surface area contributed by atoms with Gasteiger partial charge in [-0.15, -0.1) is 11.3 Å². The number of rotatable bonds is 7. The number of nitrogen functional groups attached to an aromatic ring is 1. The summed E-state index contributed by atoms with van der Waals surface area (Å²) in [5, 5.41) is 6.24. The van der Waals surface area contributed by atoms with Crippen LogP contribution in [0.4, 0.5) is 10.5 Å². The molecule has 2 aliphatic rings. The number of carbonyl (C=O) groups is 3. The van der Waals surface area contributed by atoms with Crippen molar-refractivity contribution in [2.75, 3.05) is 31.9 Å². The lowest BCUT2D eigenvalue weighted by molar-refractivity contribution is -0.124. The van der Waals surface area contributed by atoms with E-state index in [0.29, 0.717) is 68.5 Å². The first-order chi connectivity index (χ1) is 19.7. The fourth-order valence-electron chi connectivity index (χ4n) is 5.70. The van der Waals surface area contributed by atoms with E-state index in [1.54, 1.807) is 29.2 Å². The van der Waals surface area contributed by atoms with E-state index in [9.17, 15) is 14.4 Å². The minimum Gasteiger partial charge on any atom is -0.457 e. The number of amides is 3. The zero-order chi connectivity index (χ0) is 28.9. The van der Waals surface area contributed by atoms with Crippen molar-refractivity contribution < 1.29 is 19.1 Å². The van der Waals surface area contributed by atoms with Crippen molar-refractivity contribution >= 4 is 44.8 Å². The van der Waals surface area contributed by atoms with Gasteiger partial charge in [0, 0.05) is 42.8 Å². The number of thiophene rings is 1. The van der Waals surface area contributed by atoms with Crippen LogP contribution in [0, 0.1) is 6.92 Å². The average molecular weight is 571 g/mol. The lowest BCUT2D eigenvalue weighted by Crippen LogP contribution is -2.53. The number of urea groups is 1. The molecule has 0 saturated carbocycles. The normalized spacial score (nSPS) is 19.9. The average Bonchev–Trinajstić information content (AvgIpc) is 3.56. The number of anilines is 1. The Balaban J connectivity index is 1.37. The van der Waals surface area contributed by atoms with Crippen molar-refractivity contribution in [1.29, 1.82) is 0 Å². The van der Waals surface area contributed by atoms with Gasteiger partial charge in [-0.25, -0.2) is 4.79 Å². The van der Waals surface area contributed by atoms with Crippen LogP contribution in [0.5, 0.6) is 11.5 Å². The Kier molecular flexibility index (Phi) is 6.65. The number of hydrogen-bond acceptors (Lipinski definition) is 8. The van der Waals surface area contributed by atoms with Crippen LogP contribution in [0.3, 0.4) is 0 Å². The second kappa shape index (κ2) is 10.2. The minimum absolute atomic E-state index is 0.157. The molecule has 1 aromatic heterocycles. The molecule has 4 aromatic rings. The maximum Gasteiger partial charge on any atom is 0.317 e. The molecule has 2 atom stereocenters. The summed E-state index contributed by atoms with van der Waals surface area (Å²) in [6.45, 7) is 3.65. The third kappa shape index (κ3) is 4.38. The minimum atomic E-state index is -1.56. The largest absolute Gasteiger partial charge is 0.457 e. The van der Waals surface area contributed by atoms with Crippen molar-refractivity contribution in [2.45, 2.75) is 18.5 Å². The second-order valence-electron chi connectivity index (χ2n) is 10.3.